The molecule has 14 heavy (non-hydrogen) atoms. The Bertz CT molecular complexity index is 94.5. The maximum absolute atomic E-state index is 5.68. The zero-order valence-electron chi connectivity index (χ0n) is 10.1. The second-order valence-corrected chi connectivity index (χ2v) is 3.99. The lowest BCUT2D eigenvalue weighted by molar-refractivity contribution is 0.0572. The van der Waals surface area contributed by atoms with Crippen molar-refractivity contribution in [1.82, 2.24) is 5.32 Å². The van der Waals surface area contributed by atoms with Crippen LogP contribution in [0.15, 0.2) is 0 Å². The summed E-state index contributed by atoms with van der Waals surface area (Å²) in [5, 5.41) is 3.12. The molecule has 0 aromatic heterocycles. The molecule has 1 unspecified atom stereocenters. The SMILES string of the molecule is CCCCCCC(C)OCCCNC. The summed E-state index contributed by atoms with van der Waals surface area (Å²) < 4.78 is 5.68. The van der Waals surface area contributed by atoms with Gasteiger partial charge in [0.25, 0.3) is 0 Å². The average Bonchev–Trinajstić information content (AvgIpc) is 2.19. The van der Waals surface area contributed by atoms with Crippen molar-refractivity contribution < 1.29 is 4.74 Å². The first kappa shape index (κ1) is 13.9. The van der Waals surface area contributed by atoms with Gasteiger partial charge < -0.3 is 10.1 Å². The van der Waals surface area contributed by atoms with Crippen LogP contribution in [-0.2, 0) is 4.74 Å². The Hall–Kier alpha value is -0.0800. The molecule has 0 amide bonds. The van der Waals surface area contributed by atoms with Crippen LogP contribution in [0.1, 0.15) is 52.4 Å². The Morgan fingerprint density at radius 3 is 2.57 bits per heavy atom. The summed E-state index contributed by atoms with van der Waals surface area (Å²) in [6, 6.07) is 0. The minimum absolute atomic E-state index is 0.448. The highest BCUT2D eigenvalue weighted by atomic mass is 16.5. The Morgan fingerprint density at radius 1 is 1.14 bits per heavy atom. The smallest absolute Gasteiger partial charge is 0.0547 e. The van der Waals surface area contributed by atoms with Crippen molar-refractivity contribution in [3.05, 3.63) is 0 Å². The van der Waals surface area contributed by atoms with E-state index in [1.165, 1.54) is 32.1 Å². The second kappa shape index (κ2) is 11.0. The van der Waals surface area contributed by atoms with Gasteiger partial charge in [0.1, 0.15) is 0 Å². The van der Waals surface area contributed by atoms with Crippen molar-refractivity contribution in [2.24, 2.45) is 0 Å². The van der Waals surface area contributed by atoms with E-state index < -0.39 is 0 Å². The van der Waals surface area contributed by atoms with Crippen LogP contribution in [-0.4, -0.2) is 26.3 Å². The van der Waals surface area contributed by atoms with Crippen molar-refractivity contribution in [3.63, 3.8) is 0 Å². The Morgan fingerprint density at radius 2 is 1.93 bits per heavy atom. The summed E-state index contributed by atoms with van der Waals surface area (Å²) in [5.74, 6) is 0. The molecule has 2 nitrogen and oxygen atoms in total. The highest BCUT2D eigenvalue weighted by Gasteiger charge is 2.00. The van der Waals surface area contributed by atoms with E-state index in [2.05, 4.69) is 19.2 Å². The van der Waals surface area contributed by atoms with Gasteiger partial charge in [-0.1, -0.05) is 32.6 Å². The van der Waals surface area contributed by atoms with Gasteiger partial charge in [-0.3, -0.25) is 0 Å². The zero-order chi connectivity index (χ0) is 10.6. The molecule has 2 heteroatoms. The summed E-state index contributed by atoms with van der Waals surface area (Å²) in [5.41, 5.74) is 0. The number of hydrogen-bond donors (Lipinski definition) is 1. The van der Waals surface area contributed by atoms with Crippen LogP contribution in [0.5, 0.6) is 0 Å². The van der Waals surface area contributed by atoms with Gasteiger partial charge in [-0.25, -0.2) is 0 Å². The standard InChI is InChI=1S/C12H27NO/c1-4-5-6-7-9-12(2)14-11-8-10-13-3/h12-13H,4-11H2,1-3H3. The maximum atomic E-state index is 5.68. The Kier molecular flexibility index (Phi) is 10.9. The molecular weight excluding hydrogens is 174 g/mol. The van der Waals surface area contributed by atoms with Gasteiger partial charge in [0.05, 0.1) is 6.10 Å². The number of unbranched alkanes of at least 4 members (excludes halogenated alkanes) is 3. The molecule has 86 valence electrons. The van der Waals surface area contributed by atoms with Crippen molar-refractivity contribution in [3.8, 4) is 0 Å². The highest BCUT2D eigenvalue weighted by Crippen LogP contribution is 2.07. The fourth-order valence-electron chi connectivity index (χ4n) is 1.48. The van der Waals surface area contributed by atoms with Gasteiger partial charge in [-0.05, 0) is 33.4 Å². The molecule has 0 aromatic carbocycles. The molecule has 0 aromatic rings. The van der Waals surface area contributed by atoms with Crippen LogP contribution in [0, 0.1) is 0 Å². The van der Waals surface area contributed by atoms with E-state index >= 15 is 0 Å². The quantitative estimate of drug-likeness (QED) is 0.549. The monoisotopic (exact) mass is 201 g/mol. The molecule has 0 fully saturated rings. The lowest BCUT2D eigenvalue weighted by Crippen LogP contribution is -2.14. The second-order valence-electron chi connectivity index (χ2n) is 3.99. The molecule has 0 aliphatic heterocycles. The molecule has 1 N–H and O–H groups in total. The third-order valence-electron chi connectivity index (χ3n) is 2.44. The summed E-state index contributed by atoms with van der Waals surface area (Å²) in [6.07, 6.45) is 8.16. The van der Waals surface area contributed by atoms with Crippen molar-refractivity contribution in [2.75, 3.05) is 20.2 Å². The van der Waals surface area contributed by atoms with E-state index in [0.717, 1.165) is 19.6 Å². The van der Waals surface area contributed by atoms with Gasteiger partial charge >= 0.3 is 0 Å². The first-order chi connectivity index (χ1) is 6.81. The molecule has 0 aliphatic carbocycles. The third-order valence-corrected chi connectivity index (χ3v) is 2.44. The van der Waals surface area contributed by atoms with Crippen molar-refractivity contribution in [2.45, 2.75) is 58.5 Å². The van der Waals surface area contributed by atoms with E-state index in [-0.39, 0.29) is 0 Å². The first-order valence-electron chi connectivity index (χ1n) is 6.07. The summed E-state index contributed by atoms with van der Waals surface area (Å²) in [4.78, 5) is 0. The summed E-state index contributed by atoms with van der Waals surface area (Å²) in [7, 11) is 1.98. The van der Waals surface area contributed by atoms with Gasteiger partial charge in [-0.2, -0.15) is 0 Å². The van der Waals surface area contributed by atoms with E-state index in [9.17, 15) is 0 Å². The van der Waals surface area contributed by atoms with Gasteiger partial charge in [0, 0.05) is 6.61 Å². The topological polar surface area (TPSA) is 21.3 Å². The molecular formula is C12H27NO. The lowest BCUT2D eigenvalue weighted by Gasteiger charge is -2.12. The summed E-state index contributed by atoms with van der Waals surface area (Å²) in [6.45, 7) is 6.39. The van der Waals surface area contributed by atoms with Gasteiger partial charge in [-0.15, -0.1) is 0 Å². The van der Waals surface area contributed by atoms with Crippen LogP contribution in [0.3, 0.4) is 0 Å². The number of hydrogen-bond acceptors (Lipinski definition) is 2. The highest BCUT2D eigenvalue weighted by molar-refractivity contribution is 4.52. The van der Waals surface area contributed by atoms with Crippen LogP contribution in [0.2, 0.25) is 0 Å². The molecule has 0 aliphatic rings. The van der Waals surface area contributed by atoms with Gasteiger partial charge in [0.15, 0.2) is 0 Å². The first-order valence-corrected chi connectivity index (χ1v) is 6.07. The Labute approximate surface area is 89.4 Å². The lowest BCUT2D eigenvalue weighted by atomic mass is 10.1. The minimum atomic E-state index is 0.448. The minimum Gasteiger partial charge on any atom is -0.378 e. The normalized spacial score (nSPS) is 13.1. The average molecular weight is 201 g/mol. The molecule has 0 saturated carbocycles. The predicted molar refractivity (Wildman–Crippen MR) is 62.7 cm³/mol. The molecule has 0 rings (SSSR count). The maximum Gasteiger partial charge on any atom is 0.0547 e. The third kappa shape index (κ3) is 10.0. The van der Waals surface area contributed by atoms with Crippen LogP contribution < -0.4 is 5.32 Å². The van der Waals surface area contributed by atoms with Crippen LogP contribution in [0.25, 0.3) is 0 Å². The van der Waals surface area contributed by atoms with Crippen LogP contribution >= 0.6 is 0 Å². The van der Waals surface area contributed by atoms with E-state index in [1.807, 2.05) is 7.05 Å². The zero-order valence-corrected chi connectivity index (χ0v) is 10.1. The molecule has 0 spiro atoms. The molecule has 0 bridgehead atoms. The molecule has 0 heterocycles. The predicted octanol–water partition coefficient (Wildman–Crippen LogP) is 2.97. The number of ether oxygens (including phenoxy) is 1. The largest absolute Gasteiger partial charge is 0.378 e. The van der Waals surface area contributed by atoms with E-state index in [0.29, 0.717) is 6.10 Å². The van der Waals surface area contributed by atoms with Crippen molar-refractivity contribution in [1.29, 1.82) is 0 Å². The molecule has 1 atom stereocenters. The molecule has 0 radical (unpaired) electrons. The van der Waals surface area contributed by atoms with Gasteiger partial charge in [0.2, 0.25) is 0 Å². The number of rotatable bonds is 10. The molecule has 0 saturated heterocycles. The summed E-state index contributed by atoms with van der Waals surface area (Å²) >= 11 is 0. The fourth-order valence-corrected chi connectivity index (χ4v) is 1.48. The van der Waals surface area contributed by atoms with E-state index in [1.54, 1.807) is 0 Å². The fraction of sp³-hybridized carbons (Fsp3) is 1.00. The Balaban J connectivity index is 3.07. The van der Waals surface area contributed by atoms with Crippen LogP contribution in [0.4, 0.5) is 0 Å². The van der Waals surface area contributed by atoms with Crippen molar-refractivity contribution >= 4 is 0 Å². The van der Waals surface area contributed by atoms with E-state index in [4.69, 9.17) is 4.74 Å². The number of nitrogens with one attached hydrogen (secondary N) is 1.